The molecule has 2 atom stereocenters. The molecule has 134 valence electrons. The van der Waals surface area contributed by atoms with E-state index in [4.69, 9.17) is 33.7 Å². The van der Waals surface area contributed by atoms with Crippen LogP contribution in [0.15, 0.2) is 18.3 Å². The quantitative estimate of drug-likeness (QED) is 0.801. The maximum Gasteiger partial charge on any atom is 0.416 e. The van der Waals surface area contributed by atoms with Crippen molar-refractivity contribution in [3.63, 3.8) is 0 Å². The maximum absolute atomic E-state index is 12.8. The number of benzene rings is 1. The Morgan fingerprint density at radius 3 is 2.08 bits per heavy atom. The van der Waals surface area contributed by atoms with E-state index in [2.05, 4.69) is 20.8 Å². The Bertz CT molecular complexity index is 883. The molecule has 12 heteroatoms. The number of halogens is 5. The minimum atomic E-state index is -4.59. The van der Waals surface area contributed by atoms with Crippen LogP contribution in [0, 0.1) is 22.7 Å². The summed E-state index contributed by atoms with van der Waals surface area (Å²) in [6.45, 7) is 0. The third-order valence-electron chi connectivity index (χ3n) is 3.65. The largest absolute Gasteiger partial charge is 0.416 e. The van der Waals surface area contributed by atoms with Gasteiger partial charge in [-0.3, -0.25) is 10.6 Å². The van der Waals surface area contributed by atoms with E-state index in [1.54, 1.807) is 0 Å². The molecule has 2 aromatic rings. The van der Waals surface area contributed by atoms with E-state index < -0.39 is 30.0 Å². The van der Waals surface area contributed by atoms with E-state index >= 15 is 0 Å². The fourth-order valence-corrected chi connectivity index (χ4v) is 3.07. The summed E-state index contributed by atoms with van der Waals surface area (Å²) in [5, 5.41) is 31.3. The highest BCUT2D eigenvalue weighted by atomic mass is 35.5. The average molecular weight is 402 g/mol. The second kappa shape index (κ2) is 6.74. The van der Waals surface area contributed by atoms with Crippen LogP contribution in [0.25, 0.3) is 5.69 Å². The Kier molecular flexibility index (Phi) is 4.78. The summed E-state index contributed by atoms with van der Waals surface area (Å²) in [6.07, 6.45) is -3.90. The first-order chi connectivity index (χ1) is 12.2. The summed E-state index contributed by atoms with van der Waals surface area (Å²) in [6, 6.07) is 3.86. The van der Waals surface area contributed by atoms with Crippen LogP contribution >= 0.6 is 23.2 Å². The van der Waals surface area contributed by atoms with Gasteiger partial charge in [0.15, 0.2) is 0 Å². The standard InChI is InChI=1S/C14H8Cl2F3N7/c15-7-1-6(14(17,18)19)2-8(16)12(7)26-22-5-11(25-26)13-23-9(3-20)10(4-21)24-13/h1-2,5,9-10,13,23-24H. The molecule has 0 radical (unpaired) electrons. The topological polar surface area (TPSA) is 102 Å². The number of nitrogens with one attached hydrogen (secondary N) is 2. The van der Waals surface area contributed by atoms with Gasteiger partial charge >= 0.3 is 6.18 Å². The molecule has 2 N–H and O–H groups in total. The Morgan fingerprint density at radius 2 is 1.62 bits per heavy atom. The molecule has 1 aromatic heterocycles. The fourth-order valence-electron chi connectivity index (χ4n) is 2.43. The average Bonchev–Trinajstić information content (AvgIpc) is 3.19. The molecule has 2 unspecified atom stereocenters. The van der Waals surface area contributed by atoms with Crippen LogP contribution in [0.1, 0.15) is 17.4 Å². The van der Waals surface area contributed by atoms with Gasteiger partial charge in [0.05, 0.1) is 33.9 Å². The summed E-state index contributed by atoms with van der Waals surface area (Å²) >= 11 is 11.9. The van der Waals surface area contributed by atoms with E-state index in [0.717, 1.165) is 16.9 Å². The van der Waals surface area contributed by atoms with Crippen molar-refractivity contribution in [1.82, 2.24) is 25.6 Å². The SMILES string of the molecule is N#CC1NC(c2cnn(-c3c(Cl)cc(C(F)(F)F)cc3Cl)n2)NC1C#N. The molecule has 1 saturated heterocycles. The van der Waals surface area contributed by atoms with Crippen molar-refractivity contribution in [2.45, 2.75) is 24.4 Å². The summed E-state index contributed by atoms with van der Waals surface area (Å²) in [5.74, 6) is 0. The molecule has 0 aliphatic carbocycles. The first-order valence-electron chi connectivity index (χ1n) is 7.04. The lowest BCUT2D eigenvalue weighted by atomic mass is 10.2. The summed E-state index contributed by atoms with van der Waals surface area (Å²) < 4.78 is 38.4. The summed E-state index contributed by atoms with van der Waals surface area (Å²) in [4.78, 5) is 0.991. The van der Waals surface area contributed by atoms with E-state index in [9.17, 15) is 13.2 Å². The molecule has 1 aliphatic rings. The van der Waals surface area contributed by atoms with Crippen molar-refractivity contribution < 1.29 is 13.2 Å². The van der Waals surface area contributed by atoms with Crippen molar-refractivity contribution in [3.05, 3.63) is 39.6 Å². The number of aromatic nitrogens is 3. The first-order valence-corrected chi connectivity index (χ1v) is 7.80. The second-order valence-corrected chi connectivity index (χ2v) is 6.14. The molecule has 0 saturated carbocycles. The van der Waals surface area contributed by atoms with Gasteiger partial charge in [-0.2, -0.15) is 33.9 Å². The molecule has 0 bridgehead atoms. The fraction of sp³-hybridized carbons (Fsp3) is 0.286. The van der Waals surface area contributed by atoms with Gasteiger partial charge in [0.25, 0.3) is 0 Å². The monoisotopic (exact) mass is 401 g/mol. The molecule has 2 heterocycles. The Balaban J connectivity index is 1.92. The zero-order valence-electron chi connectivity index (χ0n) is 12.6. The second-order valence-electron chi connectivity index (χ2n) is 5.33. The third kappa shape index (κ3) is 3.32. The molecule has 0 spiro atoms. The van der Waals surface area contributed by atoms with Crippen LogP contribution in [0.4, 0.5) is 13.2 Å². The lowest BCUT2D eigenvalue weighted by molar-refractivity contribution is -0.137. The van der Waals surface area contributed by atoms with Gasteiger partial charge in [0.2, 0.25) is 0 Å². The van der Waals surface area contributed by atoms with Gasteiger partial charge in [-0.15, -0.1) is 4.80 Å². The minimum absolute atomic E-state index is 0.0146. The molecule has 1 aromatic carbocycles. The predicted octanol–water partition coefficient (Wildman–Crippen LogP) is 2.57. The number of nitrogens with zero attached hydrogens (tertiary/aromatic N) is 5. The van der Waals surface area contributed by atoms with Gasteiger partial charge in [0.1, 0.15) is 29.6 Å². The van der Waals surface area contributed by atoms with Crippen LogP contribution in [-0.4, -0.2) is 27.1 Å². The molecule has 0 amide bonds. The Labute approximate surface area is 154 Å². The van der Waals surface area contributed by atoms with Crippen molar-refractivity contribution >= 4 is 23.2 Å². The number of hydrogen-bond donors (Lipinski definition) is 2. The third-order valence-corrected chi connectivity index (χ3v) is 4.23. The predicted molar refractivity (Wildman–Crippen MR) is 84.2 cm³/mol. The minimum Gasteiger partial charge on any atom is -0.279 e. The highest BCUT2D eigenvalue weighted by Crippen LogP contribution is 2.37. The van der Waals surface area contributed by atoms with Crippen molar-refractivity contribution in [1.29, 1.82) is 10.5 Å². The normalized spacial score (nSPS) is 22.8. The van der Waals surface area contributed by atoms with Gasteiger partial charge < -0.3 is 0 Å². The van der Waals surface area contributed by atoms with Crippen molar-refractivity contribution in [3.8, 4) is 17.8 Å². The van der Waals surface area contributed by atoms with E-state index in [-0.39, 0.29) is 15.7 Å². The molecule has 3 rings (SSSR count). The van der Waals surface area contributed by atoms with Gasteiger partial charge in [0, 0.05) is 0 Å². The summed E-state index contributed by atoms with van der Waals surface area (Å²) in [7, 11) is 0. The number of nitriles is 2. The first kappa shape index (κ1) is 18.4. The molecule has 26 heavy (non-hydrogen) atoms. The van der Waals surface area contributed by atoms with Crippen LogP contribution < -0.4 is 10.6 Å². The van der Waals surface area contributed by atoms with Crippen molar-refractivity contribution in [2.75, 3.05) is 0 Å². The number of hydrogen-bond acceptors (Lipinski definition) is 6. The van der Waals surface area contributed by atoms with E-state index in [1.807, 2.05) is 12.1 Å². The maximum atomic E-state index is 12.8. The smallest absolute Gasteiger partial charge is 0.279 e. The van der Waals surface area contributed by atoms with Crippen molar-refractivity contribution in [2.24, 2.45) is 0 Å². The van der Waals surface area contributed by atoms with Crippen LogP contribution in [0.2, 0.25) is 10.0 Å². The molecular formula is C14H8Cl2F3N7. The highest BCUT2D eigenvalue weighted by Gasteiger charge is 2.36. The molecule has 1 fully saturated rings. The van der Waals surface area contributed by atoms with Gasteiger partial charge in [-0.05, 0) is 12.1 Å². The van der Waals surface area contributed by atoms with Crippen LogP contribution in [0.3, 0.4) is 0 Å². The lowest BCUT2D eigenvalue weighted by Gasteiger charge is -2.11. The lowest BCUT2D eigenvalue weighted by Crippen LogP contribution is -2.30. The van der Waals surface area contributed by atoms with E-state index in [1.165, 1.54) is 6.20 Å². The van der Waals surface area contributed by atoms with Crippen LogP contribution in [-0.2, 0) is 6.18 Å². The Hall–Kier alpha value is -2.37. The van der Waals surface area contributed by atoms with E-state index in [0.29, 0.717) is 5.69 Å². The molecule has 1 aliphatic heterocycles. The molecule has 7 nitrogen and oxygen atoms in total. The zero-order valence-corrected chi connectivity index (χ0v) is 14.1. The Morgan fingerprint density at radius 1 is 1.08 bits per heavy atom. The number of alkyl halides is 3. The van der Waals surface area contributed by atoms with Gasteiger partial charge in [-0.25, -0.2) is 0 Å². The molecular weight excluding hydrogens is 394 g/mol. The number of rotatable bonds is 2. The van der Waals surface area contributed by atoms with Gasteiger partial charge in [-0.1, -0.05) is 23.2 Å². The highest BCUT2D eigenvalue weighted by molar-refractivity contribution is 6.37. The van der Waals surface area contributed by atoms with Crippen LogP contribution in [0.5, 0.6) is 0 Å². The summed E-state index contributed by atoms with van der Waals surface area (Å²) in [5.41, 5.74) is -0.689. The zero-order chi connectivity index (χ0) is 19.1.